The summed E-state index contributed by atoms with van der Waals surface area (Å²) in [6.07, 6.45) is 6.05. The standard InChI is InChI=1S/C19H27ClN2O/c1-13-14(2)22(19-17(13)9-6-10-18(19)20)12-16(23)11-21-15-7-4-3-5-8-15/h6,9-10,15-16,21,23H,3-5,7-8,11-12H2,1-2H3. The average molecular weight is 335 g/mol. The van der Waals surface area contributed by atoms with Crippen LogP contribution in [0.25, 0.3) is 10.9 Å². The van der Waals surface area contributed by atoms with Crippen LogP contribution < -0.4 is 5.32 Å². The van der Waals surface area contributed by atoms with Gasteiger partial charge >= 0.3 is 0 Å². The van der Waals surface area contributed by atoms with Crippen LogP contribution in [-0.4, -0.2) is 28.4 Å². The molecule has 0 amide bonds. The molecule has 0 bridgehead atoms. The Morgan fingerprint density at radius 3 is 2.74 bits per heavy atom. The maximum atomic E-state index is 10.5. The van der Waals surface area contributed by atoms with Crippen LogP contribution in [0.15, 0.2) is 18.2 Å². The molecule has 1 aromatic heterocycles. The molecule has 1 fully saturated rings. The van der Waals surface area contributed by atoms with Gasteiger partial charge in [-0.2, -0.15) is 0 Å². The Labute approximate surface area is 143 Å². The first-order valence-corrected chi connectivity index (χ1v) is 9.11. The summed E-state index contributed by atoms with van der Waals surface area (Å²) in [6, 6.07) is 6.59. The van der Waals surface area contributed by atoms with E-state index in [1.54, 1.807) is 0 Å². The third kappa shape index (κ3) is 3.57. The summed E-state index contributed by atoms with van der Waals surface area (Å²) in [5, 5.41) is 16.0. The predicted octanol–water partition coefficient (Wildman–Crippen LogP) is 4.19. The van der Waals surface area contributed by atoms with Crippen LogP contribution in [0.4, 0.5) is 0 Å². The number of aryl methyl sites for hydroxylation is 1. The second-order valence-electron chi connectivity index (χ2n) is 6.85. The molecule has 0 saturated heterocycles. The molecule has 3 nitrogen and oxygen atoms in total. The summed E-state index contributed by atoms with van der Waals surface area (Å²) in [4.78, 5) is 0. The maximum absolute atomic E-state index is 10.5. The zero-order chi connectivity index (χ0) is 16.4. The molecule has 1 heterocycles. The fourth-order valence-electron chi connectivity index (χ4n) is 3.77. The van der Waals surface area contributed by atoms with Gasteiger partial charge in [-0.1, -0.05) is 43.0 Å². The van der Waals surface area contributed by atoms with E-state index in [0.29, 0.717) is 19.1 Å². The largest absolute Gasteiger partial charge is 0.390 e. The number of hydrogen-bond acceptors (Lipinski definition) is 2. The number of para-hydroxylation sites is 1. The zero-order valence-electron chi connectivity index (χ0n) is 14.1. The van der Waals surface area contributed by atoms with Crippen molar-refractivity contribution in [3.05, 3.63) is 34.5 Å². The highest BCUT2D eigenvalue weighted by Crippen LogP contribution is 2.30. The number of hydrogen-bond donors (Lipinski definition) is 2. The van der Waals surface area contributed by atoms with Crippen molar-refractivity contribution in [2.45, 2.75) is 64.6 Å². The highest BCUT2D eigenvalue weighted by Gasteiger charge is 2.18. The number of aliphatic hydroxyl groups is 1. The van der Waals surface area contributed by atoms with Crippen LogP contribution in [0.3, 0.4) is 0 Å². The Morgan fingerprint density at radius 2 is 2.00 bits per heavy atom. The third-order valence-electron chi connectivity index (χ3n) is 5.25. The molecule has 0 spiro atoms. The van der Waals surface area contributed by atoms with E-state index in [0.717, 1.165) is 10.5 Å². The minimum Gasteiger partial charge on any atom is -0.390 e. The van der Waals surface area contributed by atoms with Crippen LogP contribution in [0.2, 0.25) is 5.02 Å². The molecule has 1 aliphatic rings. The number of nitrogens with zero attached hydrogens (tertiary/aromatic N) is 1. The Balaban J connectivity index is 1.72. The highest BCUT2D eigenvalue weighted by molar-refractivity contribution is 6.35. The number of rotatable bonds is 5. The molecule has 1 aliphatic carbocycles. The van der Waals surface area contributed by atoms with Gasteiger partial charge in [0.25, 0.3) is 0 Å². The molecule has 1 saturated carbocycles. The smallest absolute Gasteiger partial charge is 0.0843 e. The minimum atomic E-state index is -0.401. The fraction of sp³-hybridized carbons (Fsp3) is 0.579. The van der Waals surface area contributed by atoms with Gasteiger partial charge in [0.2, 0.25) is 0 Å². The summed E-state index contributed by atoms with van der Waals surface area (Å²) in [6.45, 7) is 5.46. The van der Waals surface area contributed by atoms with Crippen LogP contribution in [0.1, 0.15) is 43.4 Å². The van der Waals surface area contributed by atoms with Crippen molar-refractivity contribution in [1.82, 2.24) is 9.88 Å². The van der Waals surface area contributed by atoms with Crippen molar-refractivity contribution in [2.75, 3.05) is 6.54 Å². The third-order valence-corrected chi connectivity index (χ3v) is 5.55. The van der Waals surface area contributed by atoms with Gasteiger partial charge in [-0.15, -0.1) is 0 Å². The SMILES string of the molecule is Cc1c(C)n(CC(O)CNC2CCCCC2)c2c(Cl)cccc12. The van der Waals surface area contributed by atoms with E-state index in [2.05, 4.69) is 29.8 Å². The molecule has 23 heavy (non-hydrogen) atoms. The van der Waals surface area contributed by atoms with Crippen LogP contribution in [-0.2, 0) is 6.54 Å². The Morgan fingerprint density at radius 1 is 1.26 bits per heavy atom. The normalized spacial score (nSPS) is 17.7. The number of benzene rings is 1. The second kappa shape index (κ2) is 7.25. The van der Waals surface area contributed by atoms with Gasteiger partial charge in [-0.25, -0.2) is 0 Å². The molecular weight excluding hydrogens is 308 g/mol. The Hall–Kier alpha value is -1.03. The van der Waals surface area contributed by atoms with E-state index < -0.39 is 6.10 Å². The first-order chi connectivity index (χ1) is 11.1. The van der Waals surface area contributed by atoms with Crippen LogP contribution in [0, 0.1) is 13.8 Å². The second-order valence-corrected chi connectivity index (χ2v) is 7.26. The van der Waals surface area contributed by atoms with Crippen LogP contribution >= 0.6 is 11.6 Å². The average Bonchev–Trinajstić information content (AvgIpc) is 2.80. The lowest BCUT2D eigenvalue weighted by atomic mass is 9.95. The topological polar surface area (TPSA) is 37.2 Å². The quantitative estimate of drug-likeness (QED) is 0.860. The fourth-order valence-corrected chi connectivity index (χ4v) is 4.05. The monoisotopic (exact) mass is 334 g/mol. The minimum absolute atomic E-state index is 0.401. The predicted molar refractivity (Wildman–Crippen MR) is 97.3 cm³/mol. The molecule has 1 aromatic carbocycles. The van der Waals surface area contributed by atoms with E-state index in [4.69, 9.17) is 11.6 Å². The summed E-state index contributed by atoms with van der Waals surface area (Å²) in [5.41, 5.74) is 3.47. The number of nitrogens with one attached hydrogen (secondary N) is 1. The van der Waals surface area contributed by atoms with Gasteiger partial charge in [0.05, 0.1) is 23.2 Å². The van der Waals surface area contributed by atoms with Crippen molar-refractivity contribution in [3.8, 4) is 0 Å². The van der Waals surface area contributed by atoms with Gasteiger partial charge < -0.3 is 15.0 Å². The summed E-state index contributed by atoms with van der Waals surface area (Å²) in [7, 11) is 0. The summed E-state index contributed by atoms with van der Waals surface area (Å²) in [5.74, 6) is 0. The van der Waals surface area contributed by atoms with Crippen molar-refractivity contribution < 1.29 is 5.11 Å². The Bertz CT molecular complexity index is 674. The van der Waals surface area contributed by atoms with Gasteiger partial charge in [-0.05, 0) is 38.3 Å². The van der Waals surface area contributed by atoms with Gasteiger partial charge in [0.1, 0.15) is 0 Å². The van der Waals surface area contributed by atoms with E-state index in [1.807, 2.05) is 12.1 Å². The first-order valence-electron chi connectivity index (χ1n) is 8.73. The van der Waals surface area contributed by atoms with E-state index in [1.165, 1.54) is 48.7 Å². The molecule has 3 rings (SSSR count). The highest BCUT2D eigenvalue weighted by atomic mass is 35.5. The molecule has 1 unspecified atom stereocenters. The first kappa shape index (κ1) is 16.8. The molecule has 4 heteroatoms. The molecule has 0 aliphatic heterocycles. The number of aliphatic hydroxyl groups excluding tert-OH is 1. The molecule has 126 valence electrons. The van der Waals surface area contributed by atoms with Crippen molar-refractivity contribution in [3.63, 3.8) is 0 Å². The van der Waals surface area contributed by atoms with E-state index >= 15 is 0 Å². The van der Waals surface area contributed by atoms with Crippen molar-refractivity contribution in [2.24, 2.45) is 0 Å². The lowest BCUT2D eigenvalue weighted by molar-refractivity contribution is 0.145. The van der Waals surface area contributed by atoms with Crippen molar-refractivity contribution >= 4 is 22.5 Å². The van der Waals surface area contributed by atoms with Gasteiger partial charge in [0, 0.05) is 23.7 Å². The molecule has 1 atom stereocenters. The van der Waals surface area contributed by atoms with Gasteiger partial charge in [0.15, 0.2) is 0 Å². The molecule has 0 radical (unpaired) electrons. The van der Waals surface area contributed by atoms with E-state index in [9.17, 15) is 5.11 Å². The molecular formula is C19H27ClN2O. The number of halogens is 1. The molecule has 2 N–H and O–H groups in total. The van der Waals surface area contributed by atoms with Gasteiger partial charge in [-0.3, -0.25) is 0 Å². The maximum Gasteiger partial charge on any atom is 0.0843 e. The lowest BCUT2D eigenvalue weighted by Gasteiger charge is -2.24. The number of fused-ring (bicyclic) bond motifs is 1. The lowest BCUT2D eigenvalue weighted by Crippen LogP contribution is -2.38. The number of aromatic nitrogens is 1. The van der Waals surface area contributed by atoms with Crippen molar-refractivity contribution in [1.29, 1.82) is 0 Å². The zero-order valence-corrected chi connectivity index (χ0v) is 14.9. The summed E-state index contributed by atoms with van der Waals surface area (Å²) < 4.78 is 2.17. The summed E-state index contributed by atoms with van der Waals surface area (Å²) >= 11 is 6.41. The molecule has 2 aromatic rings. The Kier molecular flexibility index (Phi) is 5.30. The van der Waals surface area contributed by atoms with Crippen LogP contribution in [0.5, 0.6) is 0 Å². The van der Waals surface area contributed by atoms with E-state index in [-0.39, 0.29) is 0 Å².